The third-order valence-corrected chi connectivity index (χ3v) is 2.17. The first kappa shape index (κ1) is 11.5. The first-order valence-corrected chi connectivity index (χ1v) is 4.73. The predicted molar refractivity (Wildman–Crippen MR) is 58.5 cm³/mol. The summed E-state index contributed by atoms with van der Waals surface area (Å²) >= 11 is 0. The van der Waals surface area contributed by atoms with Crippen LogP contribution in [0.25, 0.3) is 0 Å². The van der Waals surface area contributed by atoms with Crippen molar-refractivity contribution in [2.45, 2.75) is 19.4 Å². The number of rotatable bonds is 4. The normalized spacial score (nSPS) is 10.8. The van der Waals surface area contributed by atoms with Crippen LogP contribution in [0.1, 0.15) is 19.5 Å². The van der Waals surface area contributed by atoms with Crippen LogP contribution in [0.5, 0.6) is 0 Å². The second-order valence-electron chi connectivity index (χ2n) is 3.83. The van der Waals surface area contributed by atoms with Gasteiger partial charge in [0.25, 0.3) is 0 Å². The van der Waals surface area contributed by atoms with E-state index in [0.29, 0.717) is 12.2 Å². The van der Waals surface area contributed by atoms with E-state index >= 15 is 0 Å². The summed E-state index contributed by atoms with van der Waals surface area (Å²) in [5.74, 6) is 0. The number of methoxy groups -OCH3 is 1. The van der Waals surface area contributed by atoms with E-state index in [2.05, 4.69) is 10.3 Å². The van der Waals surface area contributed by atoms with Crippen molar-refractivity contribution in [2.24, 2.45) is 0 Å². The number of ether oxygens (including phenoxy) is 1. The van der Waals surface area contributed by atoms with E-state index in [1.54, 1.807) is 19.4 Å². The summed E-state index contributed by atoms with van der Waals surface area (Å²) in [5.41, 5.74) is 0.886. The summed E-state index contributed by atoms with van der Waals surface area (Å²) in [6.07, 6.45) is 1.60. The van der Waals surface area contributed by atoms with Crippen molar-refractivity contribution >= 4 is 5.69 Å². The Kier molecular flexibility index (Phi) is 3.64. The molecule has 1 aromatic rings. The van der Waals surface area contributed by atoms with Gasteiger partial charge >= 0.3 is 0 Å². The Hall–Kier alpha value is -1.60. The molecular formula is C11H15N3O. The average molecular weight is 205 g/mol. The number of hydrogen-bond acceptors (Lipinski definition) is 4. The minimum atomic E-state index is -0.261. The lowest BCUT2D eigenvalue weighted by molar-refractivity contribution is 0.0344. The molecule has 0 spiro atoms. The lowest BCUT2D eigenvalue weighted by atomic mass is 10.1. The number of aromatic nitrogens is 1. The number of pyridine rings is 1. The van der Waals surface area contributed by atoms with E-state index < -0.39 is 0 Å². The summed E-state index contributed by atoms with van der Waals surface area (Å²) in [6.45, 7) is 4.58. The molecule has 80 valence electrons. The number of nitriles is 1. The van der Waals surface area contributed by atoms with Gasteiger partial charge in [0, 0.05) is 19.9 Å². The standard InChI is InChI=1S/C11H15N3O/c1-11(2,15-3)8-14-9-5-4-6-13-10(9)7-12/h4-6,14H,8H2,1-3H3. The molecule has 0 aliphatic rings. The number of anilines is 1. The maximum atomic E-state index is 8.82. The second kappa shape index (κ2) is 4.76. The first-order valence-electron chi connectivity index (χ1n) is 4.73. The van der Waals surface area contributed by atoms with E-state index in [-0.39, 0.29) is 5.60 Å². The van der Waals surface area contributed by atoms with Crippen molar-refractivity contribution in [1.29, 1.82) is 5.26 Å². The highest BCUT2D eigenvalue weighted by Crippen LogP contribution is 2.14. The van der Waals surface area contributed by atoms with Gasteiger partial charge < -0.3 is 10.1 Å². The van der Waals surface area contributed by atoms with E-state index in [0.717, 1.165) is 5.69 Å². The predicted octanol–water partition coefficient (Wildman–Crippen LogP) is 1.79. The van der Waals surface area contributed by atoms with Crippen LogP contribution in [0.3, 0.4) is 0 Å². The highest BCUT2D eigenvalue weighted by molar-refractivity contribution is 5.53. The molecule has 15 heavy (non-hydrogen) atoms. The molecule has 0 radical (unpaired) electrons. The third kappa shape index (κ3) is 3.22. The van der Waals surface area contributed by atoms with Gasteiger partial charge in [0.2, 0.25) is 0 Å². The monoisotopic (exact) mass is 205 g/mol. The van der Waals surface area contributed by atoms with Crippen LogP contribution in [0.2, 0.25) is 0 Å². The lowest BCUT2D eigenvalue weighted by Gasteiger charge is -2.23. The summed E-state index contributed by atoms with van der Waals surface area (Å²) in [6, 6.07) is 5.66. The van der Waals surface area contributed by atoms with Crippen LogP contribution in [0, 0.1) is 11.3 Å². The molecule has 1 rings (SSSR count). The van der Waals surface area contributed by atoms with Crippen molar-refractivity contribution < 1.29 is 4.74 Å². The highest BCUT2D eigenvalue weighted by Gasteiger charge is 2.16. The highest BCUT2D eigenvalue weighted by atomic mass is 16.5. The van der Waals surface area contributed by atoms with Crippen molar-refractivity contribution in [2.75, 3.05) is 19.0 Å². The van der Waals surface area contributed by atoms with Gasteiger partial charge in [-0.25, -0.2) is 4.98 Å². The van der Waals surface area contributed by atoms with E-state index in [9.17, 15) is 0 Å². The fourth-order valence-corrected chi connectivity index (χ4v) is 1.02. The molecule has 0 fully saturated rings. The van der Waals surface area contributed by atoms with Crippen molar-refractivity contribution in [1.82, 2.24) is 4.98 Å². The van der Waals surface area contributed by atoms with Gasteiger partial charge in [-0.2, -0.15) is 5.26 Å². The zero-order valence-corrected chi connectivity index (χ0v) is 9.24. The molecule has 0 atom stereocenters. The zero-order valence-electron chi connectivity index (χ0n) is 9.24. The molecule has 1 N–H and O–H groups in total. The van der Waals surface area contributed by atoms with Crippen LogP contribution in [0.15, 0.2) is 18.3 Å². The molecule has 0 saturated carbocycles. The van der Waals surface area contributed by atoms with Gasteiger partial charge in [0.05, 0.1) is 11.3 Å². The molecular weight excluding hydrogens is 190 g/mol. The van der Waals surface area contributed by atoms with Gasteiger partial charge in [-0.1, -0.05) is 0 Å². The maximum absolute atomic E-state index is 8.82. The maximum Gasteiger partial charge on any atom is 0.163 e. The molecule has 0 unspecified atom stereocenters. The van der Waals surface area contributed by atoms with Crippen LogP contribution < -0.4 is 5.32 Å². The minimum Gasteiger partial charge on any atom is -0.380 e. The van der Waals surface area contributed by atoms with E-state index in [1.807, 2.05) is 26.0 Å². The largest absolute Gasteiger partial charge is 0.380 e. The Morgan fingerprint density at radius 1 is 1.60 bits per heavy atom. The average Bonchev–Trinajstić information content (AvgIpc) is 2.27. The SMILES string of the molecule is COC(C)(C)CNc1cccnc1C#N. The molecule has 0 bridgehead atoms. The van der Waals surface area contributed by atoms with E-state index in [4.69, 9.17) is 10.00 Å². The zero-order chi connectivity index (χ0) is 11.3. The van der Waals surface area contributed by atoms with Crippen molar-refractivity contribution in [3.05, 3.63) is 24.0 Å². The van der Waals surface area contributed by atoms with Gasteiger partial charge in [-0.05, 0) is 26.0 Å². The Labute approximate surface area is 89.9 Å². The van der Waals surface area contributed by atoms with Crippen molar-refractivity contribution in [3.8, 4) is 6.07 Å². The summed E-state index contributed by atoms with van der Waals surface area (Å²) < 4.78 is 5.27. The fourth-order valence-electron chi connectivity index (χ4n) is 1.02. The van der Waals surface area contributed by atoms with Gasteiger partial charge in [-0.3, -0.25) is 0 Å². The van der Waals surface area contributed by atoms with Gasteiger partial charge in [-0.15, -0.1) is 0 Å². The number of nitrogens with zero attached hydrogens (tertiary/aromatic N) is 2. The van der Waals surface area contributed by atoms with Crippen LogP contribution in [0.4, 0.5) is 5.69 Å². The molecule has 1 aromatic heterocycles. The second-order valence-corrected chi connectivity index (χ2v) is 3.83. The first-order chi connectivity index (χ1) is 7.09. The molecule has 4 nitrogen and oxygen atoms in total. The molecule has 1 heterocycles. The molecule has 0 aliphatic heterocycles. The summed E-state index contributed by atoms with van der Waals surface area (Å²) in [7, 11) is 1.66. The Morgan fingerprint density at radius 2 is 2.33 bits per heavy atom. The molecule has 0 saturated heterocycles. The van der Waals surface area contributed by atoms with E-state index in [1.165, 1.54) is 0 Å². The molecule has 0 aliphatic carbocycles. The lowest BCUT2D eigenvalue weighted by Crippen LogP contribution is -2.32. The number of nitrogens with one attached hydrogen (secondary N) is 1. The van der Waals surface area contributed by atoms with Crippen LogP contribution >= 0.6 is 0 Å². The summed E-state index contributed by atoms with van der Waals surface area (Å²) in [5, 5.41) is 12.0. The minimum absolute atomic E-state index is 0.261. The van der Waals surface area contributed by atoms with Crippen LogP contribution in [-0.2, 0) is 4.74 Å². The topological polar surface area (TPSA) is 57.9 Å². The van der Waals surface area contributed by atoms with Gasteiger partial charge in [0.1, 0.15) is 6.07 Å². The Morgan fingerprint density at radius 3 is 2.93 bits per heavy atom. The van der Waals surface area contributed by atoms with Crippen LogP contribution in [-0.4, -0.2) is 24.2 Å². The smallest absolute Gasteiger partial charge is 0.163 e. The molecule has 0 amide bonds. The molecule has 4 heteroatoms. The van der Waals surface area contributed by atoms with Gasteiger partial charge in [0.15, 0.2) is 5.69 Å². The third-order valence-electron chi connectivity index (χ3n) is 2.17. The Bertz CT molecular complexity index is 368. The summed E-state index contributed by atoms with van der Waals surface area (Å²) in [4.78, 5) is 3.96. The van der Waals surface area contributed by atoms with Crippen molar-refractivity contribution in [3.63, 3.8) is 0 Å². The quantitative estimate of drug-likeness (QED) is 0.814. The number of hydrogen-bond donors (Lipinski definition) is 1. The molecule has 0 aromatic carbocycles. The fraction of sp³-hybridized carbons (Fsp3) is 0.455. The Balaban J connectivity index is 2.70.